The number of nitrogens with one attached hydrogen (secondary N) is 1. The number of carbonyl (C=O) groups excluding carboxylic acids is 1. The molecule has 1 N–H and O–H groups in total. The van der Waals surface area contributed by atoms with Crippen LogP contribution >= 0.6 is 11.8 Å². The number of thioether (sulfide) groups is 1. The van der Waals surface area contributed by atoms with Crippen molar-refractivity contribution in [2.45, 2.75) is 30.9 Å². The average Bonchev–Trinajstić information content (AvgIpc) is 2.27. The predicted octanol–water partition coefficient (Wildman–Crippen LogP) is 2.94. The van der Waals surface area contributed by atoms with Crippen molar-refractivity contribution in [2.24, 2.45) is 5.92 Å². The van der Waals surface area contributed by atoms with Gasteiger partial charge in [0.2, 0.25) is 5.91 Å². The molecule has 0 spiro atoms. The molecular weight excluding hydrogens is 218 g/mol. The fourth-order valence-electron chi connectivity index (χ4n) is 1.21. The molecule has 0 aliphatic heterocycles. The normalized spacial score (nSPS) is 12.5. The highest BCUT2D eigenvalue weighted by molar-refractivity contribution is 8.00. The Morgan fingerprint density at radius 2 is 1.88 bits per heavy atom. The van der Waals surface area contributed by atoms with E-state index in [0.29, 0.717) is 5.92 Å². The van der Waals surface area contributed by atoms with Crippen molar-refractivity contribution in [1.82, 2.24) is 5.32 Å². The van der Waals surface area contributed by atoms with Gasteiger partial charge in [-0.25, -0.2) is 0 Å². The number of benzene rings is 1. The summed E-state index contributed by atoms with van der Waals surface area (Å²) in [6, 6.07) is 10.0. The molecule has 0 unspecified atom stereocenters. The summed E-state index contributed by atoms with van der Waals surface area (Å²) >= 11 is 1.59. The van der Waals surface area contributed by atoms with Crippen LogP contribution in [0.4, 0.5) is 0 Å². The van der Waals surface area contributed by atoms with Gasteiger partial charge in [-0.2, -0.15) is 0 Å². The van der Waals surface area contributed by atoms with E-state index >= 15 is 0 Å². The van der Waals surface area contributed by atoms with Gasteiger partial charge in [0, 0.05) is 11.4 Å². The summed E-state index contributed by atoms with van der Waals surface area (Å²) in [6.07, 6.45) is 0. The minimum atomic E-state index is -0.0406. The summed E-state index contributed by atoms with van der Waals surface area (Å²) in [6.45, 7) is 6.87. The van der Waals surface area contributed by atoms with Crippen molar-refractivity contribution in [3.8, 4) is 0 Å². The van der Waals surface area contributed by atoms with Crippen LogP contribution in [0.1, 0.15) is 20.8 Å². The summed E-state index contributed by atoms with van der Waals surface area (Å²) in [5.74, 6) is 0.612. The Balaban J connectivity index is 2.40. The highest BCUT2D eigenvalue weighted by atomic mass is 32.2. The molecule has 1 aromatic rings. The first kappa shape index (κ1) is 13.1. The van der Waals surface area contributed by atoms with Gasteiger partial charge >= 0.3 is 0 Å². The number of carbonyl (C=O) groups is 1. The molecule has 0 heterocycles. The predicted molar refractivity (Wildman–Crippen MR) is 69.6 cm³/mol. The van der Waals surface area contributed by atoms with E-state index in [0.717, 1.165) is 11.4 Å². The quantitative estimate of drug-likeness (QED) is 0.798. The molecule has 3 heteroatoms. The molecule has 0 saturated carbocycles. The fraction of sp³-hybridized carbons (Fsp3) is 0.462. The minimum Gasteiger partial charge on any atom is -0.355 e. The van der Waals surface area contributed by atoms with Crippen molar-refractivity contribution in [2.75, 3.05) is 6.54 Å². The lowest BCUT2D eigenvalue weighted by Gasteiger charge is -2.13. The maximum absolute atomic E-state index is 11.7. The molecule has 0 aromatic heterocycles. The summed E-state index contributed by atoms with van der Waals surface area (Å²) in [5.41, 5.74) is 0. The van der Waals surface area contributed by atoms with Crippen molar-refractivity contribution in [3.63, 3.8) is 0 Å². The van der Waals surface area contributed by atoms with E-state index in [1.807, 2.05) is 37.3 Å². The molecule has 0 aliphatic rings. The molecule has 1 aromatic carbocycles. The van der Waals surface area contributed by atoms with Gasteiger partial charge in [0.25, 0.3) is 0 Å². The number of rotatable bonds is 5. The molecule has 1 amide bonds. The topological polar surface area (TPSA) is 29.1 Å². The van der Waals surface area contributed by atoms with Crippen molar-refractivity contribution in [3.05, 3.63) is 30.3 Å². The standard InChI is InChI=1S/C13H19NOS/c1-10(2)9-14-13(15)11(3)16-12-7-5-4-6-8-12/h4-8,10-11H,9H2,1-3H3,(H,14,15)/t11-/m0/s1. The van der Waals surface area contributed by atoms with Crippen LogP contribution in [0.2, 0.25) is 0 Å². The lowest BCUT2D eigenvalue weighted by atomic mass is 10.2. The molecule has 0 bridgehead atoms. The molecule has 0 aliphatic carbocycles. The first-order chi connectivity index (χ1) is 7.59. The Morgan fingerprint density at radius 1 is 1.25 bits per heavy atom. The molecule has 16 heavy (non-hydrogen) atoms. The third kappa shape index (κ3) is 4.71. The van der Waals surface area contributed by atoms with Gasteiger partial charge < -0.3 is 5.32 Å². The Labute approximate surface area is 102 Å². The van der Waals surface area contributed by atoms with Crippen molar-refractivity contribution in [1.29, 1.82) is 0 Å². The van der Waals surface area contributed by atoms with E-state index in [1.54, 1.807) is 11.8 Å². The number of hydrogen-bond donors (Lipinski definition) is 1. The van der Waals surface area contributed by atoms with Crippen LogP contribution in [0.15, 0.2) is 35.2 Å². The minimum absolute atomic E-state index is 0.0406. The zero-order valence-corrected chi connectivity index (χ0v) is 10.9. The third-order valence-corrected chi connectivity index (χ3v) is 3.22. The maximum Gasteiger partial charge on any atom is 0.233 e. The lowest BCUT2D eigenvalue weighted by Crippen LogP contribution is -2.33. The average molecular weight is 237 g/mol. The van der Waals surface area contributed by atoms with Gasteiger partial charge in [-0.15, -0.1) is 11.8 Å². The van der Waals surface area contributed by atoms with Crippen LogP contribution in [-0.4, -0.2) is 17.7 Å². The van der Waals surface area contributed by atoms with Crippen LogP contribution in [0.25, 0.3) is 0 Å². The van der Waals surface area contributed by atoms with Crippen molar-refractivity contribution < 1.29 is 4.79 Å². The van der Waals surface area contributed by atoms with Gasteiger partial charge in [0.15, 0.2) is 0 Å². The van der Waals surface area contributed by atoms with Gasteiger partial charge in [-0.3, -0.25) is 4.79 Å². The highest BCUT2D eigenvalue weighted by Gasteiger charge is 2.13. The molecule has 1 rings (SSSR count). The van der Waals surface area contributed by atoms with Crippen LogP contribution in [0.3, 0.4) is 0 Å². The Hall–Kier alpha value is -0.960. The van der Waals surface area contributed by atoms with E-state index in [2.05, 4.69) is 19.2 Å². The summed E-state index contributed by atoms with van der Waals surface area (Å²) in [7, 11) is 0. The second-order valence-electron chi connectivity index (χ2n) is 4.21. The number of hydrogen-bond acceptors (Lipinski definition) is 2. The first-order valence-corrected chi connectivity index (χ1v) is 6.47. The second-order valence-corrected chi connectivity index (χ2v) is 5.63. The molecule has 1 atom stereocenters. The van der Waals surface area contributed by atoms with Crippen molar-refractivity contribution >= 4 is 17.7 Å². The van der Waals surface area contributed by atoms with Crippen LogP contribution in [-0.2, 0) is 4.79 Å². The molecule has 0 fully saturated rings. The zero-order valence-electron chi connectivity index (χ0n) is 10.1. The number of amides is 1. The largest absolute Gasteiger partial charge is 0.355 e. The second kappa shape index (κ2) is 6.59. The summed E-state index contributed by atoms with van der Waals surface area (Å²) in [4.78, 5) is 12.9. The van der Waals surface area contributed by atoms with Gasteiger partial charge in [0.1, 0.15) is 0 Å². The SMILES string of the molecule is CC(C)CNC(=O)[C@H](C)Sc1ccccc1. The van der Waals surface area contributed by atoms with E-state index in [9.17, 15) is 4.79 Å². The van der Waals surface area contributed by atoms with E-state index < -0.39 is 0 Å². The molecular formula is C13H19NOS. The van der Waals surface area contributed by atoms with E-state index in [-0.39, 0.29) is 11.2 Å². The van der Waals surface area contributed by atoms with Gasteiger partial charge in [-0.05, 0) is 25.0 Å². The fourth-order valence-corrected chi connectivity index (χ4v) is 2.12. The third-order valence-electron chi connectivity index (χ3n) is 2.11. The molecule has 0 saturated heterocycles. The Kier molecular flexibility index (Phi) is 5.39. The highest BCUT2D eigenvalue weighted by Crippen LogP contribution is 2.22. The van der Waals surface area contributed by atoms with Gasteiger partial charge in [-0.1, -0.05) is 32.0 Å². The Morgan fingerprint density at radius 3 is 2.44 bits per heavy atom. The van der Waals surface area contributed by atoms with Crippen LogP contribution < -0.4 is 5.32 Å². The lowest BCUT2D eigenvalue weighted by molar-refractivity contribution is -0.120. The molecule has 2 nitrogen and oxygen atoms in total. The van der Waals surface area contributed by atoms with Crippen LogP contribution in [0.5, 0.6) is 0 Å². The summed E-state index contributed by atoms with van der Waals surface area (Å²) < 4.78 is 0. The maximum atomic E-state index is 11.7. The smallest absolute Gasteiger partial charge is 0.233 e. The monoisotopic (exact) mass is 237 g/mol. The molecule has 88 valence electrons. The zero-order chi connectivity index (χ0) is 12.0. The first-order valence-electron chi connectivity index (χ1n) is 5.59. The van der Waals surface area contributed by atoms with Gasteiger partial charge in [0.05, 0.1) is 5.25 Å². The van der Waals surface area contributed by atoms with E-state index in [4.69, 9.17) is 0 Å². The molecule has 0 radical (unpaired) electrons. The summed E-state index contributed by atoms with van der Waals surface area (Å²) in [5, 5.41) is 2.90. The van der Waals surface area contributed by atoms with Crippen LogP contribution in [0, 0.1) is 5.92 Å². The van der Waals surface area contributed by atoms with E-state index in [1.165, 1.54) is 0 Å². The Bertz CT molecular complexity index is 324.